The first kappa shape index (κ1) is 19.7. The SMILES string of the molecule is COC(=O)c1c(NC(=O)c2ccccc2C)sc(C(=O)NC(C)C)c1C. The lowest BCUT2D eigenvalue weighted by Gasteiger charge is -2.08. The molecule has 0 unspecified atom stereocenters. The lowest BCUT2D eigenvalue weighted by molar-refractivity contribution is 0.0601. The van der Waals surface area contributed by atoms with Crippen molar-refractivity contribution in [1.29, 1.82) is 0 Å². The monoisotopic (exact) mass is 374 g/mol. The van der Waals surface area contributed by atoms with Crippen LogP contribution in [-0.4, -0.2) is 30.9 Å². The predicted octanol–water partition coefficient (Wildman–Crippen LogP) is 3.54. The number of hydrogen-bond acceptors (Lipinski definition) is 5. The fourth-order valence-electron chi connectivity index (χ4n) is 2.49. The van der Waals surface area contributed by atoms with Crippen molar-refractivity contribution in [1.82, 2.24) is 5.32 Å². The van der Waals surface area contributed by atoms with Crippen molar-refractivity contribution in [3.8, 4) is 0 Å². The van der Waals surface area contributed by atoms with Crippen molar-refractivity contribution in [2.24, 2.45) is 0 Å². The molecule has 6 nitrogen and oxygen atoms in total. The molecule has 0 fully saturated rings. The molecule has 0 aliphatic rings. The number of amides is 2. The van der Waals surface area contributed by atoms with E-state index in [0.29, 0.717) is 21.0 Å². The minimum atomic E-state index is -0.595. The molecule has 2 aromatic rings. The number of aryl methyl sites for hydroxylation is 1. The van der Waals surface area contributed by atoms with Gasteiger partial charge in [0.25, 0.3) is 11.8 Å². The maximum Gasteiger partial charge on any atom is 0.341 e. The highest BCUT2D eigenvalue weighted by atomic mass is 32.1. The number of anilines is 1. The molecule has 1 aromatic carbocycles. The Bertz CT molecular complexity index is 855. The number of rotatable bonds is 5. The van der Waals surface area contributed by atoms with Gasteiger partial charge in [0.2, 0.25) is 0 Å². The number of benzene rings is 1. The molecule has 2 N–H and O–H groups in total. The summed E-state index contributed by atoms with van der Waals surface area (Å²) < 4.78 is 4.83. The van der Waals surface area contributed by atoms with Gasteiger partial charge in [0.15, 0.2) is 0 Å². The molecule has 1 heterocycles. The minimum absolute atomic E-state index is 0.0458. The molecule has 0 saturated heterocycles. The number of esters is 1. The van der Waals surface area contributed by atoms with Crippen molar-refractivity contribution in [3.05, 3.63) is 51.4 Å². The summed E-state index contributed by atoms with van der Waals surface area (Å²) in [6, 6.07) is 7.10. The molecule has 0 radical (unpaired) electrons. The van der Waals surface area contributed by atoms with Crippen LogP contribution >= 0.6 is 11.3 Å². The Morgan fingerprint density at radius 2 is 1.73 bits per heavy atom. The van der Waals surface area contributed by atoms with Crippen LogP contribution < -0.4 is 10.6 Å². The summed E-state index contributed by atoms with van der Waals surface area (Å²) in [4.78, 5) is 37.6. The number of carbonyl (C=O) groups excluding carboxylic acids is 3. The Hall–Kier alpha value is -2.67. The Kier molecular flexibility index (Phi) is 6.15. The van der Waals surface area contributed by atoms with Crippen molar-refractivity contribution < 1.29 is 19.1 Å². The molecule has 7 heteroatoms. The first-order chi connectivity index (χ1) is 12.3. The highest BCUT2D eigenvalue weighted by Gasteiger charge is 2.27. The Balaban J connectivity index is 2.43. The van der Waals surface area contributed by atoms with E-state index < -0.39 is 5.97 Å². The van der Waals surface area contributed by atoms with Crippen LogP contribution in [0.1, 0.15) is 55.4 Å². The van der Waals surface area contributed by atoms with Crippen molar-refractivity contribution in [2.45, 2.75) is 33.7 Å². The second-order valence-electron chi connectivity index (χ2n) is 6.15. The van der Waals surface area contributed by atoms with Gasteiger partial charge >= 0.3 is 5.97 Å². The molecular weight excluding hydrogens is 352 g/mol. The summed E-state index contributed by atoms with van der Waals surface area (Å²) in [6.45, 7) is 7.20. The van der Waals surface area contributed by atoms with E-state index in [4.69, 9.17) is 4.74 Å². The van der Waals surface area contributed by atoms with Gasteiger partial charge in [-0.15, -0.1) is 11.3 Å². The van der Waals surface area contributed by atoms with E-state index in [1.807, 2.05) is 32.9 Å². The van der Waals surface area contributed by atoms with Gasteiger partial charge < -0.3 is 15.4 Å². The zero-order chi connectivity index (χ0) is 19.4. The first-order valence-electron chi connectivity index (χ1n) is 8.15. The number of thiophene rings is 1. The van der Waals surface area contributed by atoms with Gasteiger partial charge in [-0.25, -0.2) is 4.79 Å². The molecule has 0 bridgehead atoms. The van der Waals surface area contributed by atoms with E-state index in [9.17, 15) is 14.4 Å². The number of ether oxygens (including phenoxy) is 1. The summed E-state index contributed by atoms with van der Waals surface area (Å²) >= 11 is 1.06. The van der Waals surface area contributed by atoms with E-state index in [-0.39, 0.29) is 23.4 Å². The zero-order valence-corrected chi connectivity index (χ0v) is 16.2. The van der Waals surface area contributed by atoms with Gasteiger partial charge in [-0.3, -0.25) is 9.59 Å². The first-order valence-corrected chi connectivity index (χ1v) is 8.97. The third kappa shape index (κ3) is 4.11. The van der Waals surface area contributed by atoms with Crippen LogP contribution in [-0.2, 0) is 4.74 Å². The topological polar surface area (TPSA) is 84.5 Å². The molecule has 26 heavy (non-hydrogen) atoms. The van der Waals surface area contributed by atoms with Gasteiger partial charge in [-0.05, 0) is 44.9 Å². The smallest absolute Gasteiger partial charge is 0.341 e. The molecule has 2 rings (SSSR count). The van der Waals surface area contributed by atoms with Crippen LogP contribution in [0.15, 0.2) is 24.3 Å². The molecule has 0 aliphatic carbocycles. The van der Waals surface area contributed by atoms with E-state index in [0.717, 1.165) is 16.9 Å². The average molecular weight is 374 g/mol. The number of hydrogen-bond donors (Lipinski definition) is 2. The van der Waals surface area contributed by atoms with Crippen LogP contribution in [0.5, 0.6) is 0 Å². The van der Waals surface area contributed by atoms with E-state index >= 15 is 0 Å². The highest BCUT2D eigenvalue weighted by molar-refractivity contribution is 7.18. The van der Waals surface area contributed by atoms with Crippen molar-refractivity contribution in [2.75, 3.05) is 12.4 Å². The van der Waals surface area contributed by atoms with Crippen LogP contribution in [0.25, 0.3) is 0 Å². The molecule has 0 atom stereocenters. The molecule has 0 aliphatic heterocycles. The van der Waals surface area contributed by atoms with E-state index in [2.05, 4.69) is 10.6 Å². The van der Waals surface area contributed by atoms with Crippen LogP contribution in [0.3, 0.4) is 0 Å². The predicted molar refractivity (Wildman–Crippen MR) is 102 cm³/mol. The molecule has 138 valence electrons. The zero-order valence-electron chi connectivity index (χ0n) is 15.4. The standard InChI is InChI=1S/C19H22N2O4S/c1-10(2)20-17(23)15-12(4)14(19(24)25-5)18(26-15)21-16(22)13-9-7-6-8-11(13)3/h6-10H,1-5H3,(H,20,23)(H,21,22). The molecule has 0 saturated carbocycles. The van der Waals surface area contributed by atoms with E-state index in [1.54, 1.807) is 19.1 Å². The fraction of sp³-hybridized carbons (Fsp3) is 0.316. The average Bonchev–Trinajstić information content (AvgIpc) is 2.90. The van der Waals surface area contributed by atoms with Gasteiger partial charge in [-0.2, -0.15) is 0 Å². The Morgan fingerprint density at radius 1 is 1.08 bits per heavy atom. The van der Waals surface area contributed by atoms with Crippen molar-refractivity contribution in [3.63, 3.8) is 0 Å². The molecule has 0 spiro atoms. The lowest BCUT2D eigenvalue weighted by atomic mass is 10.1. The highest BCUT2D eigenvalue weighted by Crippen LogP contribution is 2.34. The molecular formula is C19H22N2O4S. The van der Waals surface area contributed by atoms with Gasteiger partial charge in [0, 0.05) is 11.6 Å². The normalized spacial score (nSPS) is 10.5. The summed E-state index contributed by atoms with van der Waals surface area (Å²) in [7, 11) is 1.26. The van der Waals surface area contributed by atoms with Gasteiger partial charge in [0.1, 0.15) is 5.00 Å². The molecule has 2 amide bonds. The molecule has 1 aromatic heterocycles. The Labute approximate surface area is 156 Å². The largest absolute Gasteiger partial charge is 0.465 e. The van der Waals surface area contributed by atoms with Crippen molar-refractivity contribution >= 4 is 34.1 Å². The number of methoxy groups -OCH3 is 1. The lowest BCUT2D eigenvalue weighted by Crippen LogP contribution is -2.29. The van der Waals surface area contributed by atoms with Crippen LogP contribution in [0, 0.1) is 13.8 Å². The Morgan fingerprint density at radius 3 is 2.31 bits per heavy atom. The second-order valence-corrected chi connectivity index (χ2v) is 7.17. The van der Waals surface area contributed by atoms with E-state index in [1.165, 1.54) is 7.11 Å². The number of nitrogens with one attached hydrogen (secondary N) is 2. The maximum absolute atomic E-state index is 12.6. The van der Waals surface area contributed by atoms with Crippen LogP contribution in [0.2, 0.25) is 0 Å². The summed E-state index contributed by atoms with van der Waals surface area (Å²) in [5.41, 5.74) is 2.01. The third-order valence-corrected chi connectivity index (χ3v) is 4.99. The van der Waals surface area contributed by atoms with Gasteiger partial charge in [0.05, 0.1) is 17.6 Å². The summed E-state index contributed by atoms with van der Waals surface area (Å²) in [5.74, 6) is -1.23. The summed E-state index contributed by atoms with van der Waals surface area (Å²) in [5, 5.41) is 5.85. The van der Waals surface area contributed by atoms with Gasteiger partial charge in [-0.1, -0.05) is 18.2 Å². The summed E-state index contributed by atoms with van der Waals surface area (Å²) in [6.07, 6.45) is 0. The number of carbonyl (C=O) groups is 3. The van der Waals surface area contributed by atoms with Crippen LogP contribution in [0.4, 0.5) is 5.00 Å². The third-order valence-electron chi connectivity index (χ3n) is 3.78. The quantitative estimate of drug-likeness (QED) is 0.784. The fourth-order valence-corrected chi connectivity index (χ4v) is 3.58. The maximum atomic E-state index is 12.6. The second kappa shape index (κ2) is 8.14. The minimum Gasteiger partial charge on any atom is -0.465 e.